The molecule has 1 aromatic carbocycles. The second kappa shape index (κ2) is 8.63. The summed E-state index contributed by atoms with van der Waals surface area (Å²) in [6.07, 6.45) is 4.32. The first-order valence-corrected chi connectivity index (χ1v) is 10.8. The van der Waals surface area contributed by atoms with Crippen molar-refractivity contribution in [2.24, 2.45) is 10.9 Å². The smallest absolute Gasteiger partial charge is 0.309 e. The summed E-state index contributed by atoms with van der Waals surface area (Å²) in [5, 5.41) is 8.97. The average molecular weight is 450 g/mol. The SMILES string of the molecule is CC(C)C1N=C(N2CCC(Oc3ncnc4c3ncn4-c3ccc(C#N)cc3F)CC2)ON1. The number of benzene rings is 1. The summed E-state index contributed by atoms with van der Waals surface area (Å²) in [5.74, 6) is 0.177. The number of nitrogens with zero attached hydrogens (tertiary/aromatic N) is 7. The van der Waals surface area contributed by atoms with Gasteiger partial charge in [-0.1, -0.05) is 13.8 Å². The fraction of sp³-hybridized carbons (Fsp3) is 0.409. The summed E-state index contributed by atoms with van der Waals surface area (Å²) < 4.78 is 22.2. The highest BCUT2D eigenvalue weighted by Gasteiger charge is 2.30. The highest BCUT2D eigenvalue weighted by atomic mass is 19.1. The van der Waals surface area contributed by atoms with Crippen LogP contribution in [0.4, 0.5) is 4.39 Å². The van der Waals surface area contributed by atoms with Crippen LogP contribution in [0.3, 0.4) is 0 Å². The Kier molecular flexibility index (Phi) is 5.51. The maximum Gasteiger partial charge on any atom is 0.309 e. The van der Waals surface area contributed by atoms with Gasteiger partial charge in [0.25, 0.3) is 0 Å². The highest BCUT2D eigenvalue weighted by molar-refractivity contribution is 5.78. The quantitative estimate of drug-likeness (QED) is 0.645. The number of halogens is 1. The third-order valence-corrected chi connectivity index (χ3v) is 5.78. The second-order valence-corrected chi connectivity index (χ2v) is 8.37. The first-order chi connectivity index (χ1) is 16.0. The molecule has 2 aromatic heterocycles. The summed E-state index contributed by atoms with van der Waals surface area (Å²) in [4.78, 5) is 25.2. The molecular weight excluding hydrogens is 427 g/mol. The van der Waals surface area contributed by atoms with E-state index in [4.69, 9.17) is 14.8 Å². The van der Waals surface area contributed by atoms with Gasteiger partial charge in [0.15, 0.2) is 11.2 Å². The maximum absolute atomic E-state index is 14.5. The number of ether oxygens (including phenoxy) is 1. The average Bonchev–Trinajstić information content (AvgIpc) is 3.48. The number of nitrogens with one attached hydrogen (secondary N) is 1. The standard InChI is InChI=1S/C22H23FN8O2/c1-13(2)19-28-22(33-29-19)30-7-5-15(6-8-30)32-21-18-20(25-11-26-21)31(12-27-18)17-4-3-14(10-24)9-16(17)23/h3-4,9,11-13,15,19,29H,5-8H2,1-2H3. The number of amidine groups is 1. The predicted molar refractivity (Wildman–Crippen MR) is 117 cm³/mol. The zero-order chi connectivity index (χ0) is 22.9. The van der Waals surface area contributed by atoms with Gasteiger partial charge in [-0.05, 0) is 24.1 Å². The van der Waals surface area contributed by atoms with Crippen LogP contribution in [0.25, 0.3) is 16.9 Å². The molecule has 1 unspecified atom stereocenters. The molecule has 170 valence electrons. The number of nitriles is 1. The van der Waals surface area contributed by atoms with Crippen molar-refractivity contribution in [3.63, 3.8) is 0 Å². The molecule has 5 rings (SSSR count). The lowest BCUT2D eigenvalue weighted by Gasteiger charge is -2.31. The van der Waals surface area contributed by atoms with Gasteiger partial charge in [0.05, 0.1) is 17.3 Å². The molecular formula is C22H23FN8O2. The topological polar surface area (TPSA) is 113 Å². The van der Waals surface area contributed by atoms with Gasteiger partial charge in [-0.3, -0.25) is 4.57 Å². The molecule has 0 saturated carbocycles. The third-order valence-electron chi connectivity index (χ3n) is 5.78. The Labute approximate surface area is 189 Å². The van der Waals surface area contributed by atoms with Gasteiger partial charge in [0.1, 0.15) is 30.7 Å². The van der Waals surface area contributed by atoms with E-state index in [0.29, 0.717) is 29.0 Å². The summed E-state index contributed by atoms with van der Waals surface area (Å²) in [6, 6.07) is 6.81. The summed E-state index contributed by atoms with van der Waals surface area (Å²) >= 11 is 0. The number of likely N-dealkylation sites (tertiary alicyclic amines) is 1. The fourth-order valence-electron chi connectivity index (χ4n) is 3.89. The Morgan fingerprint density at radius 3 is 2.76 bits per heavy atom. The number of hydrogen-bond acceptors (Lipinski definition) is 9. The molecule has 3 aromatic rings. The number of rotatable bonds is 4. The molecule has 0 amide bonds. The van der Waals surface area contributed by atoms with Crippen molar-refractivity contribution in [2.75, 3.05) is 13.1 Å². The van der Waals surface area contributed by atoms with Crippen molar-refractivity contribution in [1.29, 1.82) is 5.26 Å². The lowest BCUT2D eigenvalue weighted by atomic mass is 10.1. The van der Waals surface area contributed by atoms with Crippen LogP contribution in [0.2, 0.25) is 0 Å². The molecule has 4 heterocycles. The number of fused-ring (bicyclic) bond motifs is 1. The predicted octanol–water partition coefficient (Wildman–Crippen LogP) is 2.54. The highest BCUT2D eigenvalue weighted by Crippen LogP contribution is 2.27. The first kappa shape index (κ1) is 21.1. The molecule has 0 aliphatic carbocycles. The molecule has 10 nitrogen and oxygen atoms in total. The van der Waals surface area contributed by atoms with E-state index >= 15 is 0 Å². The Bertz CT molecular complexity index is 1240. The first-order valence-electron chi connectivity index (χ1n) is 10.8. The lowest BCUT2D eigenvalue weighted by molar-refractivity contribution is 0.0948. The number of hydrogen-bond donors (Lipinski definition) is 1. The molecule has 1 saturated heterocycles. The van der Waals surface area contributed by atoms with Gasteiger partial charge in [0, 0.05) is 25.9 Å². The van der Waals surface area contributed by atoms with Gasteiger partial charge in [0.2, 0.25) is 5.88 Å². The Morgan fingerprint density at radius 2 is 2.06 bits per heavy atom. The second-order valence-electron chi connectivity index (χ2n) is 8.37. The van der Waals surface area contributed by atoms with Crippen LogP contribution in [0, 0.1) is 23.1 Å². The minimum atomic E-state index is -0.534. The molecule has 1 atom stereocenters. The maximum atomic E-state index is 14.5. The van der Waals surface area contributed by atoms with Gasteiger partial charge in [-0.2, -0.15) is 10.2 Å². The summed E-state index contributed by atoms with van der Waals surface area (Å²) in [6.45, 7) is 5.67. The lowest BCUT2D eigenvalue weighted by Crippen LogP contribution is -2.42. The van der Waals surface area contributed by atoms with Crippen molar-refractivity contribution < 1.29 is 14.0 Å². The van der Waals surface area contributed by atoms with Crippen molar-refractivity contribution in [2.45, 2.75) is 39.0 Å². The van der Waals surface area contributed by atoms with Crippen LogP contribution >= 0.6 is 0 Å². The molecule has 0 bridgehead atoms. The van der Waals surface area contributed by atoms with Gasteiger partial charge in [-0.15, -0.1) is 5.48 Å². The fourth-order valence-corrected chi connectivity index (χ4v) is 3.89. The van der Waals surface area contributed by atoms with Crippen LogP contribution in [-0.2, 0) is 4.84 Å². The molecule has 33 heavy (non-hydrogen) atoms. The number of hydroxylamine groups is 1. The normalized spacial score (nSPS) is 18.9. The van der Waals surface area contributed by atoms with Crippen LogP contribution in [0.15, 0.2) is 35.8 Å². The number of imidazole rings is 1. The molecule has 1 fully saturated rings. The largest absolute Gasteiger partial charge is 0.473 e. The van der Waals surface area contributed by atoms with Crippen molar-refractivity contribution >= 4 is 17.2 Å². The number of aromatic nitrogens is 4. The Morgan fingerprint density at radius 1 is 1.24 bits per heavy atom. The molecule has 11 heteroatoms. The Balaban J connectivity index is 1.30. The van der Waals surface area contributed by atoms with E-state index in [-0.39, 0.29) is 23.5 Å². The van der Waals surface area contributed by atoms with Crippen LogP contribution in [0.5, 0.6) is 5.88 Å². The van der Waals surface area contributed by atoms with Crippen LogP contribution < -0.4 is 10.2 Å². The zero-order valence-electron chi connectivity index (χ0n) is 18.3. The van der Waals surface area contributed by atoms with E-state index in [1.165, 1.54) is 29.4 Å². The van der Waals surface area contributed by atoms with Crippen molar-refractivity contribution in [3.05, 3.63) is 42.2 Å². The van der Waals surface area contributed by atoms with Crippen LogP contribution in [0.1, 0.15) is 32.3 Å². The molecule has 0 spiro atoms. The van der Waals surface area contributed by atoms with E-state index in [9.17, 15) is 4.39 Å². The minimum absolute atomic E-state index is 0.0284. The number of piperidine rings is 1. The van der Waals surface area contributed by atoms with Crippen molar-refractivity contribution in [3.8, 4) is 17.6 Å². The number of aliphatic imine (C=N–C) groups is 1. The summed E-state index contributed by atoms with van der Waals surface area (Å²) in [7, 11) is 0. The summed E-state index contributed by atoms with van der Waals surface area (Å²) in [5.41, 5.74) is 4.34. The third kappa shape index (κ3) is 4.05. The van der Waals surface area contributed by atoms with E-state index < -0.39 is 5.82 Å². The van der Waals surface area contributed by atoms with E-state index in [0.717, 1.165) is 25.9 Å². The van der Waals surface area contributed by atoms with Crippen LogP contribution in [-0.4, -0.2) is 55.8 Å². The van der Waals surface area contributed by atoms with Gasteiger partial charge >= 0.3 is 6.02 Å². The zero-order valence-corrected chi connectivity index (χ0v) is 18.3. The Hall–Kier alpha value is -3.78. The minimum Gasteiger partial charge on any atom is -0.473 e. The van der Waals surface area contributed by atoms with E-state index in [1.54, 1.807) is 6.07 Å². The van der Waals surface area contributed by atoms with Gasteiger partial charge < -0.3 is 14.5 Å². The van der Waals surface area contributed by atoms with E-state index in [1.807, 2.05) is 6.07 Å². The van der Waals surface area contributed by atoms with Crippen molar-refractivity contribution in [1.82, 2.24) is 29.9 Å². The van der Waals surface area contributed by atoms with E-state index in [2.05, 4.69) is 44.2 Å². The molecule has 2 aliphatic heterocycles. The molecule has 1 N–H and O–H groups in total. The molecule has 2 aliphatic rings. The molecule has 0 radical (unpaired) electrons. The monoisotopic (exact) mass is 450 g/mol. The van der Waals surface area contributed by atoms with Gasteiger partial charge in [-0.25, -0.2) is 19.4 Å².